The Kier molecular flexibility index (Phi) is 11.5. The maximum atomic E-state index is 12.1. The number of nitrogens with zero attached hydrogens (tertiary/aromatic N) is 2. The van der Waals surface area contributed by atoms with Gasteiger partial charge in [-0.3, -0.25) is 9.79 Å². The molecule has 0 radical (unpaired) electrons. The number of halogens is 1. The Morgan fingerprint density at radius 3 is 2.54 bits per heavy atom. The van der Waals surface area contributed by atoms with E-state index in [1.807, 2.05) is 25.2 Å². The second-order valence-electron chi connectivity index (χ2n) is 7.80. The molecule has 0 saturated heterocycles. The molecule has 0 bridgehead atoms. The molecule has 1 amide bonds. The van der Waals surface area contributed by atoms with Gasteiger partial charge in [0.05, 0.1) is 0 Å². The molecule has 1 fully saturated rings. The summed E-state index contributed by atoms with van der Waals surface area (Å²) in [4.78, 5) is 18.1. The highest BCUT2D eigenvalue weighted by Gasteiger charge is 2.21. The van der Waals surface area contributed by atoms with Crippen LogP contribution in [0.15, 0.2) is 29.3 Å². The summed E-state index contributed by atoms with van der Waals surface area (Å²) in [6, 6.07) is 8.40. The first kappa shape index (κ1) is 24.7. The highest BCUT2D eigenvalue weighted by atomic mass is 127. The molecule has 0 atom stereocenters. The maximum absolute atomic E-state index is 12.1. The summed E-state index contributed by atoms with van der Waals surface area (Å²) in [6.07, 6.45) is 8.66. The van der Waals surface area contributed by atoms with Crippen molar-refractivity contribution >= 4 is 35.8 Å². The predicted octanol–water partition coefficient (Wildman–Crippen LogP) is 4.07. The van der Waals surface area contributed by atoms with Crippen molar-refractivity contribution < 1.29 is 4.79 Å². The minimum Gasteiger partial charge on any atom is -0.356 e. The van der Waals surface area contributed by atoms with E-state index in [0.29, 0.717) is 6.04 Å². The lowest BCUT2D eigenvalue weighted by Crippen LogP contribution is -2.45. The third-order valence-corrected chi connectivity index (χ3v) is 5.39. The number of aliphatic imine (C=N–C) groups is 1. The Labute approximate surface area is 187 Å². The Balaban J connectivity index is 0.00000392. The summed E-state index contributed by atoms with van der Waals surface area (Å²) in [5.41, 5.74) is 1.90. The van der Waals surface area contributed by atoms with Crippen molar-refractivity contribution in [2.75, 3.05) is 27.7 Å². The van der Waals surface area contributed by atoms with Crippen LogP contribution in [0.1, 0.15) is 61.4 Å². The number of hydrogen-bond donors (Lipinski definition) is 2. The minimum atomic E-state index is 0. The third kappa shape index (κ3) is 7.97. The number of guanidine groups is 1. The summed E-state index contributed by atoms with van der Waals surface area (Å²) in [7, 11) is 5.39. The first-order valence-corrected chi connectivity index (χ1v) is 10.3. The van der Waals surface area contributed by atoms with Gasteiger partial charge in [0, 0.05) is 39.3 Å². The number of carbonyl (C=O) groups excluding carboxylic acids is 1. The second kappa shape index (κ2) is 13.0. The molecule has 0 heterocycles. The molecule has 1 saturated carbocycles. The average molecular weight is 500 g/mol. The topological polar surface area (TPSA) is 56.7 Å². The van der Waals surface area contributed by atoms with E-state index >= 15 is 0 Å². The van der Waals surface area contributed by atoms with Gasteiger partial charge in [-0.25, -0.2) is 0 Å². The molecule has 6 heteroatoms. The van der Waals surface area contributed by atoms with E-state index in [-0.39, 0.29) is 29.9 Å². The van der Waals surface area contributed by atoms with Crippen molar-refractivity contribution in [1.29, 1.82) is 0 Å². The Morgan fingerprint density at radius 1 is 1.21 bits per heavy atom. The van der Waals surface area contributed by atoms with Crippen LogP contribution in [0, 0.1) is 5.92 Å². The van der Waals surface area contributed by atoms with Crippen molar-refractivity contribution in [3.8, 4) is 0 Å². The van der Waals surface area contributed by atoms with Gasteiger partial charge in [0.2, 0.25) is 0 Å². The molecule has 5 nitrogen and oxygen atoms in total. The molecule has 28 heavy (non-hydrogen) atoms. The molecular formula is C22H37IN4O. The number of hydrogen-bond acceptors (Lipinski definition) is 2. The summed E-state index contributed by atoms with van der Waals surface area (Å²) in [5.74, 6) is 1.84. The fraction of sp³-hybridized carbons (Fsp3) is 0.636. The molecule has 0 aliphatic heterocycles. The summed E-state index contributed by atoms with van der Waals surface area (Å²) in [5, 5.41) is 6.99. The maximum Gasteiger partial charge on any atom is 0.253 e. The lowest BCUT2D eigenvalue weighted by Gasteiger charge is -2.30. The first-order valence-electron chi connectivity index (χ1n) is 10.3. The second-order valence-corrected chi connectivity index (χ2v) is 7.80. The van der Waals surface area contributed by atoms with Crippen LogP contribution in [-0.4, -0.2) is 50.5 Å². The van der Waals surface area contributed by atoms with Crippen LogP contribution in [0.4, 0.5) is 0 Å². The van der Waals surface area contributed by atoms with E-state index in [1.165, 1.54) is 38.5 Å². The van der Waals surface area contributed by atoms with Crippen LogP contribution in [0.3, 0.4) is 0 Å². The zero-order valence-corrected chi connectivity index (χ0v) is 20.2. The summed E-state index contributed by atoms with van der Waals surface area (Å²) >= 11 is 0. The van der Waals surface area contributed by atoms with Crippen molar-refractivity contribution in [1.82, 2.24) is 15.5 Å². The van der Waals surface area contributed by atoms with Gasteiger partial charge >= 0.3 is 0 Å². The smallest absolute Gasteiger partial charge is 0.253 e. The van der Waals surface area contributed by atoms with Gasteiger partial charge in [-0.2, -0.15) is 0 Å². The molecule has 0 spiro atoms. The number of nitrogens with one attached hydrogen (secondary N) is 2. The highest BCUT2D eigenvalue weighted by molar-refractivity contribution is 14.0. The van der Waals surface area contributed by atoms with E-state index in [1.54, 1.807) is 19.0 Å². The van der Waals surface area contributed by atoms with E-state index in [4.69, 9.17) is 0 Å². The van der Waals surface area contributed by atoms with Crippen LogP contribution in [0.5, 0.6) is 0 Å². The van der Waals surface area contributed by atoms with Crippen molar-refractivity contribution in [3.63, 3.8) is 0 Å². The molecule has 1 aliphatic rings. The standard InChI is InChI=1S/C22H36N4O.HI/c1-5-7-17-10-12-20(13-11-17)25-22(23-2)24-15-14-18-8-6-9-19(16-18)21(27)26(3)4;/h6,8-9,16-17,20H,5,7,10-15H2,1-4H3,(H2,23,24,25);1H. The minimum absolute atomic E-state index is 0. The van der Waals surface area contributed by atoms with E-state index in [2.05, 4.69) is 28.6 Å². The Morgan fingerprint density at radius 2 is 1.93 bits per heavy atom. The zero-order valence-electron chi connectivity index (χ0n) is 17.8. The van der Waals surface area contributed by atoms with Gasteiger partial charge in [0.15, 0.2) is 5.96 Å². The Hall–Kier alpha value is -1.31. The van der Waals surface area contributed by atoms with Crippen LogP contribution >= 0.6 is 24.0 Å². The molecular weight excluding hydrogens is 463 g/mol. The van der Waals surface area contributed by atoms with Gasteiger partial charge in [-0.1, -0.05) is 31.9 Å². The number of carbonyl (C=O) groups is 1. The average Bonchev–Trinajstić information content (AvgIpc) is 2.68. The third-order valence-electron chi connectivity index (χ3n) is 5.39. The van der Waals surface area contributed by atoms with Crippen LogP contribution < -0.4 is 10.6 Å². The van der Waals surface area contributed by atoms with E-state index in [0.717, 1.165) is 36.0 Å². The predicted molar refractivity (Wildman–Crippen MR) is 129 cm³/mol. The first-order chi connectivity index (χ1) is 13.0. The van der Waals surface area contributed by atoms with Gasteiger partial charge in [0.1, 0.15) is 0 Å². The van der Waals surface area contributed by atoms with Crippen LogP contribution in [0.25, 0.3) is 0 Å². The molecule has 0 aromatic heterocycles. The van der Waals surface area contributed by atoms with Gasteiger partial charge < -0.3 is 15.5 Å². The molecule has 0 unspecified atom stereocenters. The molecule has 2 N–H and O–H groups in total. The molecule has 2 rings (SSSR count). The molecule has 1 aromatic carbocycles. The lowest BCUT2D eigenvalue weighted by atomic mass is 9.83. The molecule has 158 valence electrons. The summed E-state index contributed by atoms with van der Waals surface area (Å²) in [6.45, 7) is 3.08. The fourth-order valence-corrected chi connectivity index (χ4v) is 3.84. The number of benzene rings is 1. The van der Waals surface area contributed by atoms with Crippen molar-refractivity contribution in [3.05, 3.63) is 35.4 Å². The van der Waals surface area contributed by atoms with E-state index in [9.17, 15) is 4.79 Å². The molecule has 1 aliphatic carbocycles. The van der Waals surface area contributed by atoms with Gasteiger partial charge in [-0.15, -0.1) is 24.0 Å². The fourth-order valence-electron chi connectivity index (χ4n) is 3.84. The van der Waals surface area contributed by atoms with E-state index < -0.39 is 0 Å². The highest BCUT2D eigenvalue weighted by Crippen LogP contribution is 2.27. The SMILES string of the molecule is CCCC1CCC(NC(=NC)NCCc2cccc(C(=O)N(C)C)c2)CC1.I. The monoisotopic (exact) mass is 500 g/mol. The quantitative estimate of drug-likeness (QED) is 0.337. The lowest BCUT2D eigenvalue weighted by molar-refractivity contribution is 0.0827. The van der Waals surface area contributed by atoms with Crippen LogP contribution in [-0.2, 0) is 6.42 Å². The number of rotatable bonds is 7. The van der Waals surface area contributed by atoms with Gasteiger partial charge in [0.25, 0.3) is 5.91 Å². The van der Waals surface area contributed by atoms with Crippen molar-refractivity contribution in [2.24, 2.45) is 10.9 Å². The van der Waals surface area contributed by atoms with Crippen molar-refractivity contribution in [2.45, 2.75) is 57.9 Å². The summed E-state index contributed by atoms with van der Waals surface area (Å²) < 4.78 is 0. The normalized spacial score (nSPS) is 19.5. The van der Waals surface area contributed by atoms with Crippen LogP contribution in [0.2, 0.25) is 0 Å². The number of amides is 1. The zero-order chi connectivity index (χ0) is 19.6. The van der Waals surface area contributed by atoms with Gasteiger partial charge in [-0.05, 0) is 55.7 Å². The Bertz CT molecular complexity index is 625. The largest absolute Gasteiger partial charge is 0.356 e. The molecule has 1 aromatic rings.